The lowest BCUT2D eigenvalue weighted by molar-refractivity contribution is 0.375. The zero-order chi connectivity index (χ0) is 14.8. The molecule has 2 nitrogen and oxygen atoms in total. The molecule has 4 heteroatoms. The molecular weight excluding hydrogens is 275 g/mol. The van der Waals surface area contributed by atoms with Crippen molar-refractivity contribution in [2.24, 2.45) is 0 Å². The van der Waals surface area contributed by atoms with Crippen LogP contribution in [0.2, 0.25) is 0 Å². The predicted octanol–water partition coefficient (Wildman–Crippen LogP) is 5.37. The molecule has 0 radical (unpaired) electrons. The lowest BCUT2D eigenvalue weighted by atomic mass is 9.95. The molecule has 0 aliphatic carbocycles. The van der Waals surface area contributed by atoms with Gasteiger partial charge in [0.2, 0.25) is 0 Å². The molecule has 0 aromatic heterocycles. The van der Waals surface area contributed by atoms with Crippen molar-refractivity contribution in [3.05, 3.63) is 0 Å². The van der Waals surface area contributed by atoms with Crippen LogP contribution in [-0.2, 0) is 11.8 Å². The maximum Gasteiger partial charge on any atom is 0.189 e. The van der Waals surface area contributed by atoms with Crippen molar-refractivity contribution in [3.63, 3.8) is 0 Å². The number of rotatable bonds is 12. The van der Waals surface area contributed by atoms with E-state index in [1.807, 2.05) is 6.92 Å². The van der Waals surface area contributed by atoms with Crippen LogP contribution in [0.4, 0.5) is 0 Å². The summed E-state index contributed by atoms with van der Waals surface area (Å²) in [6.45, 7) is 3.22. The van der Waals surface area contributed by atoms with Gasteiger partial charge < -0.3 is 9.79 Å². The maximum atomic E-state index is 9.98. The Balaban J connectivity index is 4.17. The van der Waals surface area contributed by atoms with Gasteiger partial charge in [0.05, 0.1) is 0 Å². The van der Waals surface area contributed by atoms with Crippen LogP contribution in [0.25, 0.3) is 0 Å². The van der Waals surface area contributed by atoms with Gasteiger partial charge in [0.15, 0.2) is 6.49 Å². The second kappa shape index (κ2) is 10.3. The molecule has 0 fully saturated rings. The molecule has 0 spiro atoms. The van der Waals surface area contributed by atoms with Crippen molar-refractivity contribution in [2.45, 2.75) is 96.6 Å². The molecule has 0 aliphatic rings. The quantitative estimate of drug-likeness (QED) is 0.376. The lowest BCUT2D eigenvalue weighted by Crippen LogP contribution is -2.24. The van der Waals surface area contributed by atoms with Crippen LogP contribution in [0, 0.1) is 0 Å². The van der Waals surface area contributed by atoms with E-state index < -0.39 is 11.6 Å². The minimum absolute atomic E-state index is 0.428. The third-order valence-electron chi connectivity index (χ3n) is 4.09. The van der Waals surface area contributed by atoms with E-state index in [4.69, 9.17) is 11.8 Å². The van der Waals surface area contributed by atoms with Gasteiger partial charge >= 0.3 is 0 Å². The lowest BCUT2D eigenvalue weighted by Gasteiger charge is -2.33. The van der Waals surface area contributed by atoms with E-state index >= 15 is 0 Å². The summed E-state index contributed by atoms with van der Waals surface area (Å²) in [5, 5.41) is -0.428. The molecule has 0 saturated carbocycles. The summed E-state index contributed by atoms with van der Waals surface area (Å²) < 4.78 is 0. The molecule has 0 bridgehead atoms. The zero-order valence-corrected chi connectivity index (χ0v) is 14.7. The summed E-state index contributed by atoms with van der Waals surface area (Å²) in [6, 6.07) is 0. The second-order valence-corrected chi connectivity index (χ2v) is 9.71. The van der Waals surface area contributed by atoms with E-state index in [0.29, 0.717) is 0 Å². The Morgan fingerprint density at radius 2 is 1.16 bits per heavy atom. The highest BCUT2D eigenvalue weighted by Gasteiger charge is 2.36. The number of hydrogen-bond donors (Lipinski definition) is 2. The first-order valence-electron chi connectivity index (χ1n) is 7.93. The largest absolute Gasteiger partial charge is 0.345 e. The van der Waals surface area contributed by atoms with Crippen LogP contribution in [0.1, 0.15) is 91.4 Å². The average Bonchev–Trinajstić information content (AvgIpc) is 2.33. The minimum atomic E-state index is -3.16. The first-order chi connectivity index (χ1) is 8.87. The molecule has 0 aromatic carbocycles. The van der Waals surface area contributed by atoms with Crippen molar-refractivity contribution in [1.29, 1.82) is 0 Å². The van der Waals surface area contributed by atoms with Crippen molar-refractivity contribution in [2.75, 3.05) is 0 Å². The third-order valence-corrected chi connectivity index (χ3v) is 7.27. The van der Waals surface area contributed by atoms with E-state index in [-0.39, 0.29) is 0 Å². The van der Waals surface area contributed by atoms with E-state index in [1.54, 1.807) is 0 Å². The van der Waals surface area contributed by atoms with Crippen molar-refractivity contribution < 1.29 is 9.79 Å². The smallest absolute Gasteiger partial charge is 0.189 e. The molecule has 0 aromatic rings. The van der Waals surface area contributed by atoms with Crippen molar-refractivity contribution in [1.82, 2.24) is 0 Å². The first-order valence-corrected chi connectivity index (χ1v) is 10.6. The highest BCUT2D eigenvalue weighted by molar-refractivity contribution is 8.09. The molecular formula is C15H33O2PS. The summed E-state index contributed by atoms with van der Waals surface area (Å²) in [5.74, 6) is 0. The number of unbranched alkanes of at least 4 members (excludes halogenated alkanes) is 7. The Kier molecular flexibility index (Phi) is 10.6. The van der Waals surface area contributed by atoms with Crippen LogP contribution in [0.3, 0.4) is 0 Å². The standard InChI is InChI=1S/C15H33O2PS/c1-4-6-8-10-12-14-15(3,18(16,17)19)13-11-9-7-5-2/h4-14H2,1-3H3,(H2,16,17,19). The van der Waals surface area contributed by atoms with Crippen molar-refractivity contribution >= 4 is 18.3 Å². The first kappa shape index (κ1) is 19.6. The van der Waals surface area contributed by atoms with Gasteiger partial charge in [-0.1, -0.05) is 78.6 Å². The maximum absolute atomic E-state index is 9.98. The summed E-state index contributed by atoms with van der Waals surface area (Å²) >= 11 is 5.02. The summed E-state index contributed by atoms with van der Waals surface area (Å²) in [7, 11) is 0. The van der Waals surface area contributed by atoms with Gasteiger partial charge in [-0.05, 0) is 24.6 Å². The van der Waals surface area contributed by atoms with Gasteiger partial charge in [0.1, 0.15) is 0 Å². The predicted molar refractivity (Wildman–Crippen MR) is 89.3 cm³/mol. The summed E-state index contributed by atoms with van der Waals surface area (Å²) in [6.07, 6.45) is 12.5. The van der Waals surface area contributed by atoms with Gasteiger partial charge in [-0.3, -0.25) is 0 Å². The second-order valence-electron chi connectivity index (χ2n) is 6.02. The highest BCUT2D eigenvalue weighted by Crippen LogP contribution is 2.56. The fourth-order valence-electron chi connectivity index (χ4n) is 2.46. The minimum Gasteiger partial charge on any atom is -0.345 e. The van der Waals surface area contributed by atoms with Crippen LogP contribution >= 0.6 is 6.49 Å². The molecule has 19 heavy (non-hydrogen) atoms. The SMILES string of the molecule is CCCCCCCC(C)(CCCCCC)P(O)(O)=S. The Labute approximate surface area is 125 Å². The summed E-state index contributed by atoms with van der Waals surface area (Å²) in [5.41, 5.74) is 0. The van der Waals surface area contributed by atoms with Gasteiger partial charge in [-0.25, -0.2) is 0 Å². The molecule has 0 amide bonds. The molecule has 0 aliphatic heterocycles. The molecule has 0 rings (SSSR count). The normalized spacial score (nSPS) is 15.4. The van der Waals surface area contributed by atoms with Gasteiger partial charge in [-0.15, -0.1) is 0 Å². The average molecular weight is 308 g/mol. The van der Waals surface area contributed by atoms with Crippen LogP contribution in [0.5, 0.6) is 0 Å². The van der Waals surface area contributed by atoms with E-state index in [1.165, 1.54) is 44.9 Å². The van der Waals surface area contributed by atoms with Crippen molar-refractivity contribution in [3.8, 4) is 0 Å². The zero-order valence-electron chi connectivity index (χ0n) is 13.0. The highest BCUT2D eigenvalue weighted by atomic mass is 32.5. The molecule has 1 atom stereocenters. The van der Waals surface area contributed by atoms with Crippen LogP contribution in [-0.4, -0.2) is 14.9 Å². The summed E-state index contributed by atoms with van der Waals surface area (Å²) in [4.78, 5) is 20.0. The Morgan fingerprint density at radius 3 is 1.53 bits per heavy atom. The van der Waals surface area contributed by atoms with Crippen LogP contribution < -0.4 is 0 Å². The monoisotopic (exact) mass is 308 g/mol. The molecule has 116 valence electrons. The van der Waals surface area contributed by atoms with E-state index in [2.05, 4.69) is 13.8 Å². The van der Waals surface area contributed by atoms with Gasteiger partial charge in [-0.2, -0.15) is 0 Å². The van der Waals surface area contributed by atoms with Gasteiger partial charge in [0, 0.05) is 5.16 Å². The Hall–Kier alpha value is 0.570. The topological polar surface area (TPSA) is 40.5 Å². The Morgan fingerprint density at radius 1 is 0.789 bits per heavy atom. The van der Waals surface area contributed by atoms with E-state index in [0.717, 1.165) is 25.7 Å². The van der Waals surface area contributed by atoms with Gasteiger partial charge in [0.25, 0.3) is 0 Å². The molecule has 2 N–H and O–H groups in total. The fraction of sp³-hybridized carbons (Fsp3) is 1.00. The molecule has 0 heterocycles. The Bertz CT molecular complexity index is 265. The van der Waals surface area contributed by atoms with E-state index in [9.17, 15) is 9.79 Å². The number of hydrogen-bond acceptors (Lipinski definition) is 1. The molecule has 0 saturated heterocycles. The third kappa shape index (κ3) is 8.45. The fourth-order valence-corrected chi connectivity index (χ4v) is 3.90. The van der Waals surface area contributed by atoms with Crippen LogP contribution in [0.15, 0.2) is 0 Å². The molecule has 1 unspecified atom stereocenters.